The molecule has 3 atom stereocenters. The zero-order chi connectivity index (χ0) is 59.9. The van der Waals surface area contributed by atoms with Gasteiger partial charge in [0.05, 0.1) is 82.1 Å². The Labute approximate surface area is 489 Å². The van der Waals surface area contributed by atoms with Crippen LogP contribution in [0.1, 0.15) is 125 Å². The van der Waals surface area contributed by atoms with E-state index in [-0.39, 0.29) is 55.8 Å². The van der Waals surface area contributed by atoms with Gasteiger partial charge in [-0.3, -0.25) is 34.0 Å². The Morgan fingerprint density at radius 3 is 1.96 bits per heavy atom. The van der Waals surface area contributed by atoms with Crippen molar-refractivity contribution in [3.63, 3.8) is 0 Å². The molecule has 1 fully saturated rings. The maximum atomic E-state index is 17.7. The van der Waals surface area contributed by atoms with Crippen molar-refractivity contribution < 1.29 is 89.8 Å². The summed E-state index contributed by atoms with van der Waals surface area (Å²) in [6, 6.07) is 8.68. The molecule has 0 bridgehead atoms. The van der Waals surface area contributed by atoms with Crippen molar-refractivity contribution in [2.75, 3.05) is 93.6 Å². The Hall–Kier alpha value is -5.07. The predicted molar refractivity (Wildman–Crippen MR) is 302 cm³/mol. The highest BCUT2D eigenvalue weighted by molar-refractivity contribution is 7.94. The number of quaternary nitrogens is 3. The maximum Gasteiger partial charge on any atom is 0.737 e. The molecule has 0 radical (unpaired) electrons. The molecular weight excluding hydrogens is 1110 g/mol. The zero-order valence-corrected chi connectivity index (χ0v) is 50.3. The summed E-state index contributed by atoms with van der Waals surface area (Å²) in [5, 5.41) is 37.3. The minimum absolute atomic E-state index is 0.0327. The Kier molecular flexibility index (Phi) is 27.6. The number of hydrogen-bond acceptors (Lipinski definition) is 15. The lowest BCUT2D eigenvalue weighted by Crippen LogP contribution is -3.09. The Bertz CT molecular complexity index is 2550. The smallest absolute Gasteiger partial charge is 0.691 e. The van der Waals surface area contributed by atoms with Gasteiger partial charge in [0.15, 0.2) is 11.4 Å². The summed E-state index contributed by atoms with van der Waals surface area (Å²) in [4.78, 5) is 84.4. The second kappa shape index (κ2) is 33.4. The number of likely N-dealkylation sites (N-methyl/N-ethyl adjacent to an activating group) is 1. The van der Waals surface area contributed by atoms with E-state index in [0.717, 1.165) is 81.3 Å². The first-order valence-electron chi connectivity index (χ1n) is 28.4. The average molecular weight is 1190 g/mol. The number of aryl methyl sites for hydroxylation is 2. The van der Waals surface area contributed by atoms with Gasteiger partial charge in [-0.1, -0.05) is 18.2 Å². The number of nitrogens with one attached hydrogen (secondary N) is 4. The summed E-state index contributed by atoms with van der Waals surface area (Å²) in [7, 11) is 14.4. The van der Waals surface area contributed by atoms with E-state index in [4.69, 9.17) is 4.84 Å². The molecule has 3 aliphatic rings. The van der Waals surface area contributed by atoms with Gasteiger partial charge in [0.25, 0.3) is 11.8 Å². The first-order valence-corrected chi connectivity index (χ1v) is 30.3. The summed E-state index contributed by atoms with van der Waals surface area (Å²) in [5.74, 6) is -2.35. The summed E-state index contributed by atoms with van der Waals surface area (Å²) < 4.78 is 47.9. The maximum absolute atomic E-state index is 17.7. The van der Waals surface area contributed by atoms with Gasteiger partial charge in [-0.05, 0) is 119 Å². The largest absolute Gasteiger partial charge is 0.737 e. The van der Waals surface area contributed by atoms with Crippen molar-refractivity contribution in [2.45, 2.75) is 128 Å². The fourth-order valence-electron chi connectivity index (χ4n) is 10.2. The number of amides is 5. The number of imide groups is 1. The quantitative estimate of drug-likeness (QED) is 0.0142. The molecule has 3 unspecified atom stereocenters. The van der Waals surface area contributed by atoms with Crippen LogP contribution in [0.15, 0.2) is 53.7 Å². The van der Waals surface area contributed by atoms with Crippen LogP contribution in [0.25, 0.3) is 6.08 Å². The summed E-state index contributed by atoms with van der Waals surface area (Å²) in [6.07, 6.45) is 10.4. The molecule has 1 aromatic carbocycles. The van der Waals surface area contributed by atoms with Gasteiger partial charge in [-0.25, -0.2) is 4.79 Å². The topological polar surface area (TPSA) is 246 Å². The summed E-state index contributed by atoms with van der Waals surface area (Å²) >= 11 is 1.62. The first-order chi connectivity index (χ1) is 39.0. The van der Waals surface area contributed by atoms with E-state index in [0.29, 0.717) is 120 Å². The average Bonchev–Trinajstić information content (AvgIpc) is 2.77. The Balaban J connectivity index is 1.30. The van der Waals surface area contributed by atoms with Crippen LogP contribution in [0, 0.1) is 0 Å². The highest BCUT2D eigenvalue weighted by Gasteiger charge is 2.54. The van der Waals surface area contributed by atoms with Crippen molar-refractivity contribution in [1.82, 2.24) is 25.5 Å². The van der Waals surface area contributed by atoms with Crippen LogP contribution in [-0.4, -0.2) is 177 Å². The number of hydrogen-bond donors (Lipinski definition) is 4. The van der Waals surface area contributed by atoms with Crippen LogP contribution < -0.4 is 31.4 Å². The van der Waals surface area contributed by atoms with Gasteiger partial charge in [-0.2, -0.15) is 8.67 Å². The van der Waals surface area contributed by atoms with Crippen molar-refractivity contribution >= 4 is 78.3 Å². The molecule has 4 N–H and O–H groups in total. The molecule has 2 aromatic rings. The zero-order valence-electron chi connectivity index (χ0n) is 48.6. The fourth-order valence-corrected chi connectivity index (χ4v) is 10.9. The van der Waals surface area contributed by atoms with Gasteiger partial charge in [0.1, 0.15) is 12.1 Å². The third-order valence-electron chi connectivity index (χ3n) is 14.4. The third-order valence-corrected chi connectivity index (χ3v) is 15.6. The van der Waals surface area contributed by atoms with Crippen LogP contribution >= 0.6 is 24.1 Å². The monoisotopic (exact) mass is 1190 g/mol. The van der Waals surface area contributed by atoms with E-state index in [1.165, 1.54) is 0 Å². The number of halogens is 2. The minimum Gasteiger partial charge on any atom is -0.691 e. The van der Waals surface area contributed by atoms with Crippen LogP contribution in [0.2, 0.25) is 0 Å². The number of nitrogens with zero attached hydrogens (tertiary/aromatic N) is 5. The number of carbonyl (C=O) groups is 6. The number of fused-ring (bicyclic) bond motifs is 2. The summed E-state index contributed by atoms with van der Waals surface area (Å²) in [6.45, 7) is -1.24. The van der Waals surface area contributed by atoms with E-state index < -0.39 is 48.7 Å². The molecule has 1 saturated heterocycles. The van der Waals surface area contributed by atoms with Gasteiger partial charge in [-0.15, -0.1) is 5.06 Å². The van der Waals surface area contributed by atoms with E-state index >= 15 is 8.63 Å². The normalized spacial score (nSPS) is 16.1. The minimum atomic E-state index is -4.57. The molecule has 0 aliphatic carbocycles. The van der Waals surface area contributed by atoms with Gasteiger partial charge in [0.2, 0.25) is 17.7 Å². The number of aromatic nitrogens is 1. The molecule has 0 saturated carbocycles. The standard InChI is InChI=1S/C55H84BF2N9O13S2/c1-62(32-15-9-12-26-53(71)76-65-51(69)29-30-52(65)70)33-31-59-54(72)45(24-13-16-34-66(2,3)4)61-55(73)46(25-14-17-35-67(5,6)7)60-50(68)28-27-44-38-42(22-18-36-81-79-77-74)48-40-49-43(23-19-37-82-80-78-75)39-47(41-20-10-8-11-21-41)64(49)56(57,58)63(44)48/h8,10-11,20-21,38-40,45-46H,9,12-19,22-37H2,1-7H3,(H3-2,59,60,61,68,72,73,74,75)/p+1. The molecule has 456 valence electrons. The van der Waals surface area contributed by atoms with Crippen molar-refractivity contribution in [3.8, 4) is 0 Å². The van der Waals surface area contributed by atoms with E-state index in [2.05, 4.69) is 77.0 Å². The van der Waals surface area contributed by atoms with Gasteiger partial charge < -0.3 is 62.8 Å². The Morgan fingerprint density at radius 1 is 0.744 bits per heavy atom. The molecule has 1 aromatic heterocycles. The lowest BCUT2D eigenvalue weighted by atomic mass is 9.88. The molecular formula is C55H85BF2N9O13S2+. The van der Waals surface area contributed by atoms with Crippen molar-refractivity contribution in [1.29, 1.82) is 0 Å². The predicted octanol–water partition coefficient (Wildman–Crippen LogP) is 2.42. The summed E-state index contributed by atoms with van der Waals surface area (Å²) in [5.41, 5.74) is 3.00. The van der Waals surface area contributed by atoms with E-state index in [1.807, 2.05) is 7.05 Å². The van der Waals surface area contributed by atoms with Crippen LogP contribution in [-0.2, 0) is 65.2 Å². The number of allylic oxidation sites excluding steroid dienone is 2. The van der Waals surface area contributed by atoms with E-state index in [1.54, 1.807) is 48.6 Å². The molecule has 5 amide bonds. The molecule has 0 spiro atoms. The lowest BCUT2D eigenvalue weighted by molar-refractivity contribution is -0.878. The third kappa shape index (κ3) is 21.8. The molecule has 22 nitrogen and oxygen atoms in total. The number of carbonyl (C=O) groups excluding carboxylic acids is 6. The fraction of sp³-hybridized carbons (Fsp3) is 0.618. The molecule has 82 heavy (non-hydrogen) atoms. The highest BCUT2D eigenvalue weighted by atomic mass is 32.2. The van der Waals surface area contributed by atoms with Gasteiger partial charge in [0, 0.05) is 90.3 Å². The highest BCUT2D eigenvalue weighted by Crippen LogP contribution is 2.40. The lowest BCUT2D eigenvalue weighted by Gasteiger charge is -2.32. The SMILES string of the molecule is C[NH+](CCCCCC(=O)ON1C(=O)CCC1=O)CCNC(=O)C(CCCC[N+](C)(C)C)NC(=O)C(CCCC[N+](C)(C)C)NC(=O)CCc1cc(CCCSOO[O-])c2n1[B-](F)(F)[N+]1=C(c3ccccc3)C=C(CCCSOO[O-])C1=C2. The number of benzene rings is 1. The van der Waals surface area contributed by atoms with Gasteiger partial charge >= 0.3 is 12.9 Å². The molecule has 4 heterocycles. The van der Waals surface area contributed by atoms with E-state index in [9.17, 15) is 39.3 Å². The second-order valence-electron chi connectivity index (χ2n) is 23.3. The van der Waals surface area contributed by atoms with Crippen LogP contribution in [0.5, 0.6) is 0 Å². The molecule has 27 heteroatoms. The van der Waals surface area contributed by atoms with Crippen LogP contribution in [0.4, 0.5) is 8.63 Å². The first kappa shape index (κ1) is 67.7. The van der Waals surface area contributed by atoms with Crippen molar-refractivity contribution in [3.05, 3.63) is 76.3 Å². The number of unbranched alkanes of at least 4 members (excludes halogenated alkanes) is 4. The number of rotatable bonds is 40. The Morgan fingerprint density at radius 2 is 1.35 bits per heavy atom. The molecule has 3 aliphatic heterocycles. The van der Waals surface area contributed by atoms with Crippen LogP contribution in [0.3, 0.4) is 0 Å². The number of hydroxylamine groups is 2. The molecule has 5 rings (SSSR count). The van der Waals surface area contributed by atoms with Crippen molar-refractivity contribution in [2.24, 2.45) is 0 Å². The second-order valence-corrected chi connectivity index (χ2v) is 24.8.